The summed E-state index contributed by atoms with van der Waals surface area (Å²) in [6, 6.07) is 7.64. The topological polar surface area (TPSA) is 93.1 Å². The lowest BCUT2D eigenvalue weighted by Crippen LogP contribution is -2.24. The van der Waals surface area contributed by atoms with Crippen molar-refractivity contribution in [1.29, 1.82) is 0 Å². The van der Waals surface area contributed by atoms with Crippen LogP contribution in [-0.2, 0) is 7.05 Å². The Morgan fingerprint density at radius 2 is 1.86 bits per heavy atom. The van der Waals surface area contributed by atoms with Crippen molar-refractivity contribution in [2.75, 3.05) is 12.4 Å². The molecule has 0 saturated heterocycles. The van der Waals surface area contributed by atoms with Crippen LogP contribution < -0.4 is 16.2 Å². The van der Waals surface area contributed by atoms with Gasteiger partial charge in [-0.15, -0.1) is 0 Å². The van der Waals surface area contributed by atoms with E-state index in [0.29, 0.717) is 11.3 Å². The maximum atomic E-state index is 12.2. The van der Waals surface area contributed by atoms with E-state index < -0.39 is 5.91 Å². The Morgan fingerprint density at radius 3 is 2.50 bits per heavy atom. The zero-order valence-corrected chi connectivity index (χ0v) is 12.5. The highest BCUT2D eigenvalue weighted by atomic mass is 16.2. The number of amides is 2. The van der Waals surface area contributed by atoms with Gasteiger partial charge in [-0.05, 0) is 30.7 Å². The molecule has 2 amide bonds. The Morgan fingerprint density at radius 1 is 1.14 bits per heavy atom. The predicted octanol–water partition coefficient (Wildman–Crippen LogP) is 0.701. The first-order valence-electron chi connectivity index (χ1n) is 6.61. The molecule has 0 radical (unpaired) electrons. The summed E-state index contributed by atoms with van der Waals surface area (Å²) in [4.78, 5) is 35.1. The van der Waals surface area contributed by atoms with Gasteiger partial charge in [0.15, 0.2) is 0 Å². The average molecular weight is 300 g/mol. The molecular weight excluding hydrogens is 284 g/mol. The summed E-state index contributed by atoms with van der Waals surface area (Å²) in [5.41, 5.74) is 1.59. The molecule has 0 aliphatic carbocycles. The van der Waals surface area contributed by atoms with Crippen LogP contribution in [0.25, 0.3) is 0 Å². The third-order valence-electron chi connectivity index (χ3n) is 3.17. The van der Waals surface area contributed by atoms with E-state index in [9.17, 15) is 14.4 Å². The number of nitrogens with one attached hydrogen (secondary N) is 2. The minimum atomic E-state index is -0.451. The summed E-state index contributed by atoms with van der Waals surface area (Å²) in [7, 11) is 3.01. The number of aryl methyl sites for hydroxylation is 2. The Bertz CT molecular complexity index is 796. The molecule has 0 unspecified atom stereocenters. The minimum absolute atomic E-state index is 0.117. The molecule has 7 heteroatoms. The first-order chi connectivity index (χ1) is 10.4. The number of nitrogens with zero attached hydrogens (tertiary/aromatic N) is 2. The van der Waals surface area contributed by atoms with Crippen LogP contribution in [0, 0.1) is 6.92 Å². The van der Waals surface area contributed by atoms with Crippen LogP contribution in [0.15, 0.2) is 35.1 Å². The van der Waals surface area contributed by atoms with Crippen molar-refractivity contribution in [2.45, 2.75) is 6.92 Å². The number of benzene rings is 1. The highest BCUT2D eigenvalue weighted by Crippen LogP contribution is 2.17. The maximum Gasteiger partial charge on any atom is 0.276 e. The van der Waals surface area contributed by atoms with Crippen molar-refractivity contribution >= 4 is 17.5 Å². The summed E-state index contributed by atoms with van der Waals surface area (Å²) in [5, 5.41) is 9.11. The van der Waals surface area contributed by atoms with E-state index >= 15 is 0 Å². The molecule has 2 aromatic rings. The highest BCUT2D eigenvalue weighted by Gasteiger charge is 2.12. The van der Waals surface area contributed by atoms with Gasteiger partial charge in [0.25, 0.3) is 17.4 Å². The van der Waals surface area contributed by atoms with Crippen LogP contribution in [-0.4, -0.2) is 28.6 Å². The number of anilines is 1. The molecule has 0 bridgehead atoms. The molecule has 22 heavy (non-hydrogen) atoms. The normalized spacial score (nSPS) is 10.1. The molecule has 0 fully saturated rings. The fraction of sp³-hybridized carbons (Fsp3) is 0.200. The Hall–Kier alpha value is -2.96. The van der Waals surface area contributed by atoms with Crippen LogP contribution in [0.5, 0.6) is 0 Å². The molecule has 0 aliphatic heterocycles. The summed E-state index contributed by atoms with van der Waals surface area (Å²) in [5.74, 6) is -0.691. The lowest BCUT2D eigenvalue weighted by molar-refractivity contribution is 0.0961. The van der Waals surface area contributed by atoms with E-state index in [1.54, 1.807) is 18.2 Å². The van der Waals surface area contributed by atoms with E-state index in [4.69, 9.17) is 0 Å². The maximum absolute atomic E-state index is 12.2. The second-order valence-electron chi connectivity index (χ2n) is 4.74. The van der Waals surface area contributed by atoms with E-state index in [1.165, 1.54) is 26.2 Å². The van der Waals surface area contributed by atoms with Crippen molar-refractivity contribution < 1.29 is 9.59 Å². The minimum Gasteiger partial charge on any atom is -0.355 e. The van der Waals surface area contributed by atoms with Crippen LogP contribution in [0.2, 0.25) is 0 Å². The van der Waals surface area contributed by atoms with Gasteiger partial charge in [0, 0.05) is 31.4 Å². The smallest absolute Gasteiger partial charge is 0.276 e. The number of carbonyl (C=O) groups excluding carboxylic acids is 2. The Balaban J connectivity index is 2.29. The van der Waals surface area contributed by atoms with Crippen LogP contribution in [0.3, 0.4) is 0 Å². The van der Waals surface area contributed by atoms with E-state index in [2.05, 4.69) is 15.7 Å². The van der Waals surface area contributed by atoms with Crippen molar-refractivity contribution in [3.63, 3.8) is 0 Å². The first kappa shape index (κ1) is 15.4. The summed E-state index contributed by atoms with van der Waals surface area (Å²) < 4.78 is 1.09. The number of hydrogen-bond donors (Lipinski definition) is 2. The van der Waals surface area contributed by atoms with Crippen molar-refractivity contribution in [3.05, 3.63) is 57.5 Å². The molecule has 114 valence electrons. The molecule has 1 heterocycles. The van der Waals surface area contributed by atoms with Crippen LogP contribution in [0.4, 0.5) is 5.69 Å². The van der Waals surface area contributed by atoms with Gasteiger partial charge < -0.3 is 10.6 Å². The fourth-order valence-electron chi connectivity index (χ4n) is 1.85. The van der Waals surface area contributed by atoms with Gasteiger partial charge in [-0.2, -0.15) is 5.10 Å². The van der Waals surface area contributed by atoms with Gasteiger partial charge in [-0.3, -0.25) is 14.4 Å². The quantitative estimate of drug-likeness (QED) is 0.872. The third kappa shape index (κ3) is 3.20. The van der Waals surface area contributed by atoms with E-state index in [-0.39, 0.29) is 17.2 Å². The molecule has 0 spiro atoms. The highest BCUT2D eigenvalue weighted by molar-refractivity contribution is 6.04. The molecule has 2 N–H and O–H groups in total. The molecule has 0 saturated carbocycles. The molecule has 7 nitrogen and oxygen atoms in total. The number of aromatic nitrogens is 2. The third-order valence-corrected chi connectivity index (χ3v) is 3.17. The number of carbonyl (C=O) groups is 2. The van der Waals surface area contributed by atoms with Crippen molar-refractivity contribution in [1.82, 2.24) is 15.1 Å². The summed E-state index contributed by atoms with van der Waals surface area (Å²) in [6.45, 7) is 1.82. The van der Waals surface area contributed by atoms with Gasteiger partial charge >= 0.3 is 0 Å². The van der Waals surface area contributed by atoms with Gasteiger partial charge in [-0.25, -0.2) is 4.68 Å². The SMILES string of the molecule is CNC(=O)c1ccc(C)c(NC(=O)c2ccc(=O)n(C)n2)c1. The van der Waals surface area contributed by atoms with Gasteiger partial charge in [0.2, 0.25) is 0 Å². The largest absolute Gasteiger partial charge is 0.355 e. The zero-order valence-electron chi connectivity index (χ0n) is 12.5. The van der Waals surface area contributed by atoms with Crippen LogP contribution in [0.1, 0.15) is 26.4 Å². The monoisotopic (exact) mass is 300 g/mol. The fourth-order valence-corrected chi connectivity index (χ4v) is 1.85. The van der Waals surface area contributed by atoms with Crippen molar-refractivity contribution in [2.24, 2.45) is 7.05 Å². The number of hydrogen-bond acceptors (Lipinski definition) is 4. The molecule has 2 rings (SSSR count). The van der Waals surface area contributed by atoms with E-state index in [0.717, 1.165) is 10.2 Å². The summed E-state index contributed by atoms with van der Waals surface area (Å²) in [6.07, 6.45) is 0. The average Bonchev–Trinajstić information content (AvgIpc) is 2.51. The lowest BCUT2D eigenvalue weighted by Gasteiger charge is -2.10. The molecular formula is C15H16N4O3. The molecule has 1 aromatic heterocycles. The van der Waals surface area contributed by atoms with E-state index in [1.807, 2.05) is 6.92 Å². The second-order valence-corrected chi connectivity index (χ2v) is 4.74. The molecule has 1 aromatic carbocycles. The molecule has 0 atom stereocenters. The predicted molar refractivity (Wildman–Crippen MR) is 82.0 cm³/mol. The zero-order chi connectivity index (χ0) is 16.3. The molecule has 0 aliphatic rings. The number of rotatable bonds is 3. The Kier molecular flexibility index (Phi) is 4.36. The van der Waals surface area contributed by atoms with Crippen LogP contribution >= 0.6 is 0 Å². The summed E-state index contributed by atoms with van der Waals surface area (Å²) >= 11 is 0. The standard InChI is InChI=1S/C15H16N4O3/c1-9-4-5-10(14(21)16-2)8-12(9)17-15(22)11-6-7-13(20)19(3)18-11/h4-8H,1-3H3,(H,16,21)(H,17,22). The Labute approximate surface area is 127 Å². The van der Waals surface area contributed by atoms with Gasteiger partial charge in [-0.1, -0.05) is 6.07 Å². The first-order valence-corrected chi connectivity index (χ1v) is 6.61. The second kappa shape index (κ2) is 6.21. The van der Waals surface area contributed by atoms with Crippen molar-refractivity contribution in [3.8, 4) is 0 Å². The van der Waals surface area contributed by atoms with Gasteiger partial charge in [0.05, 0.1) is 0 Å². The van der Waals surface area contributed by atoms with Gasteiger partial charge in [0.1, 0.15) is 5.69 Å². The lowest BCUT2D eigenvalue weighted by atomic mass is 10.1.